The monoisotopic (exact) mass is 182 g/mol. The summed E-state index contributed by atoms with van der Waals surface area (Å²) in [6.45, 7) is 3.82. The molecule has 0 heterocycles. The molecule has 0 N–H and O–H groups in total. The Morgan fingerprint density at radius 2 is 2.08 bits per heavy atom. The van der Waals surface area contributed by atoms with E-state index in [0.717, 1.165) is 0 Å². The van der Waals surface area contributed by atoms with Crippen LogP contribution in [0.25, 0.3) is 0 Å². The van der Waals surface area contributed by atoms with Gasteiger partial charge in [-0.25, -0.2) is 4.79 Å². The van der Waals surface area contributed by atoms with E-state index in [9.17, 15) is 4.79 Å². The van der Waals surface area contributed by atoms with Crippen molar-refractivity contribution in [1.29, 1.82) is 0 Å². The molecular weight excluding hydrogens is 164 g/mol. The van der Waals surface area contributed by atoms with Gasteiger partial charge in [0, 0.05) is 6.08 Å². The molecule has 0 radical (unpaired) electrons. The van der Waals surface area contributed by atoms with Crippen molar-refractivity contribution in [3.8, 4) is 0 Å². The first-order valence-electron chi connectivity index (χ1n) is 5.07. The van der Waals surface area contributed by atoms with Crippen LogP contribution in [0, 0.1) is 5.92 Å². The Hall–Kier alpha value is -0.790. The normalized spacial score (nSPS) is 20.8. The molecule has 0 aliphatic heterocycles. The standard InChI is InChI=1S/C11H18O2/c1-3-6-11(12)13-9(2)10-7-4-5-8-10/h3,6,9-10H,4-5,7-8H2,1-2H3. The Balaban J connectivity index is 2.30. The van der Waals surface area contributed by atoms with Crippen LogP contribution in [-0.2, 0) is 9.53 Å². The van der Waals surface area contributed by atoms with E-state index in [-0.39, 0.29) is 12.1 Å². The number of hydrogen-bond acceptors (Lipinski definition) is 2. The number of ether oxygens (including phenoxy) is 1. The van der Waals surface area contributed by atoms with E-state index >= 15 is 0 Å². The summed E-state index contributed by atoms with van der Waals surface area (Å²) in [6, 6.07) is 0. The van der Waals surface area contributed by atoms with E-state index in [4.69, 9.17) is 4.74 Å². The van der Waals surface area contributed by atoms with Crippen LogP contribution < -0.4 is 0 Å². The minimum absolute atomic E-state index is 0.0891. The van der Waals surface area contributed by atoms with Gasteiger partial charge in [-0.2, -0.15) is 0 Å². The SMILES string of the molecule is CC=CC(=O)OC(C)C1CCCC1. The van der Waals surface area contributed by atoms with Gasteiger partial charge in [-0.15, -0.1) is 0 Å². The number of hydrogen-bond donors (Lipinski definition) is 0. The van der Waals surface area contributed by atoms with Crippen molar-refractivity contribution >= 4 is 5.97 Å². The molecule has 0 bridgehead atoms. The van der Waals surface area contributed by atoms with Crippen LogP contribution in [0.2, 0.25) is 0 Å². The molecule has 74 valence electrons. The van der Waals surface area contributed by atoms with Crippen LogP contribution in [-0.4, -0.2) is 12.1 Å². The maximum atomic E-state index is 11.1. The molecule has 0 aromatic heterocycles. The lowest BCUT2D eigenvalue weighted by atomic mass is 10.0. The average Bonchev–Trinajstić information content (AvgIpc) is 2.55. The van der Waals surface area contributed by atoms with E-state index in [1.165, 1.54) is 31.8 Å². The highest BCUT2D eigenvalue weighted by Crippen LogP contribution is 2.28. The number of carbonyl (C=O) groups excluding carboxylic acids is 1. The second-order valence-corrected chi connectivity index (χ2v) is 3.69. The molecule has 1 rings (SSSR count). The maximum absolute atomic E-state index is 11.1. The van der Waals surface area contributed by atoms with Crippen LogP contribution in [0.5, 0.6) is 0 Å². The molecule has 1 atom stereocenters. The highest BCUT2D eigenvalue weighted by molar-refractivity contribution is 5.81. The fourth-order valence-electron chi connectivity index (χ4n) is 1.88. The van der Waals surface area contributed by atoms with Crippen molar-refractivity contribution in [3.63, 3.8) is 0 Å². The van der Waals surface area contributed by atoms with Gasteiger partial charge in [-0.1, -0.05) is 18.9 Å². The fraction of sp³-hybridized carbons (Fsp3) is 0.727. The van der Waals surface area contributed by atoms with Crippen molar-refractivity contribution in [2.75, 3.05) is 0 Å². The third-order valence-electron chi connectivity index (χ3n) is 2.67. The first-order chi connectivity index (χ1) is 6.24. The molecule has 1 aliphatic carbocycles. The molecule has 1 saturated carbocycles. The Bertz CT molecular complexity index is 190. The van der Waals surface area contributed by atoms with Gasteiger partial charge in [0.05, 0.1) is 0 Å². The van der Waals surface area contributed by atoms with Gasteiger partial charge < -0.3 is 4.74 Å². The summed E-state index contributed by atoms with van der Waals surface area (Å²) in [6.07, 6.45) is 8.28. The topological polar surface area (TPSA) is 26.3 Å². The number of carbonyl (C=O) groups is 1. The predicted molar refractivity (Wildman–Crippen MR) is 52.3 cm³/mol. The Morgan fingerprint density at radius 3 is 2.62 bits per heavy atom. The predicted octanol–water partition coefficient (Wildman–Crippen LogP) is 2.68. The zero-order valence-corrected chi connectivity index (χ0v) is 8.45. The second kappa shape index (κ2) is 5.05. The fourth-order valence-corrected chi connectivity index (χ4v) is 1.88. The lowest BCUT2D eigenvalue weighted by molar-refractivity contribution is -0.144. The molecule has 0 aromatic carbocycles. The summed E-state index contributed by atoms with van der Waals surface area (Å²) >= 11 is 0. The van der Waals surface area contributed by atoms with Crippen molar-refractivity contribution < 1.29 is 9.53 Å². The van der Waals surface area contributed by atoms with Gasteiger partial charge >= 0.3 is 5.97 Å². The first kappa shape index (κ1) is 10.3. The Morgan fingerprint density at radius 1 is 1.46 bits per heavy atom. The molecule has 13 heavy (non-hydrogen) atoms. The van der Waals surface area contributed by atoms with Crippen molar-refractivity contribution in [2.24, 2.45) is 5.92 Å². The molecule has 0 saturated heterocycles. The molecule has 0 amide bonds. The molecule has 0 aromatic rings. The minimum Gasteiger partial charge on any atom is -0.459 e. The van der Waals surface area contributed by atoms with Gasteiger partial charge in [0.1, 0.15) is 6.10 Å². The third-order valence-corrected chi connectivity index (χ3v) is 2.67. The smallest absolute Gasteiger partial charge is 0.330 e. The number of rotatable bonds is 3. The van der Waals surface area contributed by atoms with Gasteiger partial charge in [0.15, 0.2) is 0 Å². The summed E-state index contributed by atoms with van der Waals surface area (Å²) in [4.78, 5) is 11.1. The summed E-state index contributed by atoms with van der Waals surface area (Å²) in [7, 11) is 0. The summed E-state index contributed by atoms with van der Waals surface area (Å²) in [5.41, 5.74) is 0. The average molecular weight is 182 g/mol. The van der Waals surface area contributed by atoms with Gasteiger partial charge in [0.25, 0.3) is 0 Å². The first-order valence-corrected chi connectivity index (χ1v) is 5.07. The zero-order valence-electron chi connectivity index (χ0n) is 8.45. The third kappa shape index (κ3) is 3.21. The van der Waals surface area contributed by atoms with Crippen LogP contribution >= 0.6 is 0 Å². The second-order valence-electron chi connectivity index (χ2n) is 3.69. The summed E-state index contributed by atoms with van der Waals surface area (Å²) < 4.78 is 5.25. The molecule has 2 heteroatoms. The molecule has 0 spiro atoms. The minimum atomic E-state index is -0.207. The number of allylic oxidation sites excluding steroid dienone is 1. The molecule has 2 nitrogen and oxygen atoms in total. The van der Waals surface area contributed by atoms with Crippen LogP contribution in [0.4, 0.5) is 0 Å². The van der Waals surface area contributed by atoms with E-state index in [2.05, 4.69) is 0 Å². The molecule has 1 fully saturated rings. The highest BCUT2D eigenvalue weighted by Gasteiger charge is 2.23. The van der Waals surface area contributed by atoms with Crippen molar-refractivity contribution in [2.45, 2.75) is 45.6 Å². The van der Waals surface area contributed by atoms with Crippen LogP contribution in [0.15, 0.2) is 12.2 Å². The summed E-state index contributed by atoms with van der Waals surface area (Å²) in [5.74, 6) is 0.385. The van der Waals surface area contributed by atoms with E-state index in [1.54, 1.807) is 6.08 Å². The largest absolute Gasteiger partial charge is 0.459 e. The lowest BCUT2D eigenvalue weighted by Gasteiger charge is -2.18. The Labute approximate surface area is 80.0 Å². The lowest BCUT2D eigenvalue weighted by Crippen LogP contribution is -2.20. The van der Waals surface area contributed by atoms with Crippen LogP contribution in [0.3, 0.4) is 0 Å². The van der Waals surface area contributed by atoms with E-state index < -0.39 is 0 Å². The highest BCUT2D eigenvalue weighted by atomic mass is 16.5. The van der Waals surface area contributed by atoms with Crippen molar-refractivity contribution in [3.05, 3.63) is 12.2 Å². The van der Waals surface area contributed by atoms with Crippen LogP contribution in [0.1, 0.15) is 39.5 Å². The molecule has 1 unspecified atom stereocenters. The van der Waals surface area contributed by atoms with E-state index in [1.807, 2.05) is 13.8 Å². The molecule has 1 aliphatic rings. The van der Waals surface area contributed by atoms with Gasteiger partial charge in [-0.3, -0.25) is 0 Å². The zero-order chi connectivity index (χ0) is 9.68. The molecular formula is C11H18O2. The summed E-state index contributed by atoms with van der Waals surface area (Å²) in [5, 5.41) is 0. The number of esters is 1. The van der Waals surface area contributed by atoms with Crippen molar-refractivity contribution in [1.82, 2.24) is 0 Å². The quantitative estimate of drug-likeness (QED) is 0.495. The van der Waals surface area contributed by atoms with Gasteiger partial charge in [-0.05, 0) is 32.6 Å². The maximum Gasteiger partial charge on any atom is 0.330 e. The van der Waals surface area contributed by atoms with Gasteiger partial charge in [0.2, 0.25) is 0 Å². The Kier molecular flexibility index (Phi) is 4.00. The van der Waals surface area contributed by atoms with E-state index in [0.29, 0.717) is 5.92 Å².